The van der Waals surface area contributed by atoms with Crippen molar-refractivity contribution in [2.75, 3.05) is 32.8 Å². The molecule has 2 aromatic rings. The van der Waals surface area contributed by atoms with Crippen LogP contribution < -0.4 is 14.8 Å². The highest BCUT2D eigenvalue weighted by Gasteiger charge is 2.25. The molecule has 5 nitrogen and oxygen atoms in total. The van der Waals surface area contributed by atoms with Crippen molar-refractivity contribution in [3.63, 3.8) is 0 Å². The smallest absolute Gasteiger partial charge is 0.241 e. The van der Waals surface area contributed by atoms with Gasteiger partial charge < -0.3 is 14.8 Å². The standard InChI is InChI=1S/C24H34N2O3/c1-5-26(6-2)23(20-12-10-9-11-13-20)24(27)25-17-16-19-14-15-21(28-7-3)22(18-19)29-8-4/h9-15,18,23H,5-8,16-17H2,1-4H3,(H,25,27). The fraction of sp³-hybridized carbons (Fsp3) is 0.458. The number of rotatable bonds is 12. The van der Waals surface area contributed by atoms with E-state index >= 15 is 0 Å². The normalized spacial score (nSPS) is 11.9. The van der Waals surface area contributed by atoms with Crippen molar-refractivity contribution in [1.82, 2.24) is 10.2 Å². The van der Waals surface area contributed by atoms with Crippen LogP contribution in [0.3, 0.4) is 0 Å². The topological polar surface area (TPSA) is 50.8 Å². The molecule has 0 aliphatic heterocycles. The van der Waals surface area contributed by atoms with E-state index in [4.69, 9.17) is 9.47 Å². The summed E-state index contributed by atoms with van der Waals surface area (Å²) in [6.07, 6.45) is 0.734. The highest BCUT2D eigenvalue weighted by atomic mass is 16.5. The van der Waals surface area contributed by atoms with Crippen LogP contribution in [0.5, 0.6) is 11.5 Å². The number of ether oxygens (including phenoxy) is 2. The van der Waals surface area contributed by atoms with Crippen molar-refractivity contribution in [2.24, 2.45) is 0 Å². The molecule has 158 valence electrons. The van der Waals surface area contributed by atoms with Crippen LogP contribution in [0, 0.1) is 0 Å². The third-order valence-electron chi connectivity index (χ3n) is 4.86. The molecule has 1 unspecified atom stereocenters. The van der Waals surface area contributed by atoms with Gasteiger partial charge in [0.05, 0.1) is 13.2 Å². The summed E-state index contributed by atoms with van der Waals surface area (Å²) in [6, 6.07) is 15.7. The van der Waals surface area contributed by atoms with E-state index in [1.165, 1.54) is 0 Å². The van der Waals surface area contributed by atoms with Gasteiger partial charge in [-0.15, -0.1) is 0 Å². The molecule has 2 aromatic carbocycles. The largest absolute Gasteiger partial charge is 0.490 e. The van der Waals surface area contributed by atoms with Crippen LogP contribution >= 0.6 is 0 Å². The molecule has 1 N–H and O–H groups in total. The lowest BCUT2D eigenvalue weighted by Gasteiger charge is -2.29. The van der Waals surface area contributed by atoms with Gasteiger partial charge >= 0.3 is 0 Å². The average Bonchev–Trinajstić information content (AvgIpc) is 2.74. The van der Waals surface area contributed by atoms with Gasteiger partial charge in [-0.1, -0.05) is 50.2 Å². The molecular weight excluding hydrogens is 364 g/mol. The Morgan fingerprint density at radius 1 is 0.931 bits per heavy atom. The predicted octanol–water partition coefficient (Wildman–Crippen LogP) is 4.23. The summed E-state index contributed by atoms with van der Waals surface area (Å²) in [6.45, 7) is 11.5. The Morgan fingerprint density at radius 2 is 1.59 bits per heavy atom. The molecule has 1 amide bonds. The van der Waals surface area contributed by atoms with Crippen molar-refractivity contribution in [1.29, 1.82) is 0 Å². The van der Waals surface area contributed by atoms with E-state index in [1.54, 1.807) is 0 Å². The molecule has 0 aliphatic rings. The first-order chi connectivity index (χ1) is 14.1. The minimum absolute atomic E-state index is 0.0378. The van der Waals surface area contributed by atoms with Gasteiger partial charge in [0.25, 0.3) is 0 Å². The fourth-order valence-electron chi connectivity index (χ4n) is 3.43. The van der Waals surface area contributed by atoms with Crippen LogP contribution in [-0.2, 0) is 11.2 Å². The van der Waals surface area contributed by atoms with Crippen LogP contribution in [0.15, 0.2) is 48.5 Å². The number of carbonyl (C=O) groups excluding carboxylic acids is 1. The minimum atomic E-state index is -0.273. The van der Waals surface area contributed by atoms with E-state index in [-0.39, 0.29) is 11.9 Å². The molecule has 2 rings (SSSR count). The maximum Gasteiger partial charge on any atom is 0.241 e. The third kappa shape index (κ3) is 6.50. The molecule has 0 aromatic heterocycles. The maximum absolute atomic E-state index is 13.0. The number of nitrogens with zero attached hydrogens (tertiary/aromatic N) is 1. The Balaban J connectivity index is 2.04. The van der Waals surface area contributed by atoms with E-state index in [2.05, 4.69) is 24.1 Å². The number of hydrogen-bond acceptors (Lipinski definition) is 4. The zero-order valence-corrected chi connectivity index (χ0v) is 18.1. The van der Waals surface area contributed by atoms with Crippen molar-refractivity contribution >= 4 is 5.91 Å². The number of nitrogens with one attached hydrogen (secondary N) is 1. The van der Waals surface area contributed by atoms with Crippen molar-refractivity contribution in [2.45, 2.75) is 40.2 Å². The van der Waals surface area contributed by atoms with Gasteiger partial charge in [0.15, 0.2) is 11.5 Å². The minimum Gasteiger partial charge on any atom is -0.490 e. The zero-order valence-electron chi connectivity index (χ0n) is 18.1. The first-order valence-corrected chi connectivity index (χ1v) is 10.6. The summed E-state index contributed by atoms with van der Waals surface area (Å²) in [5, 5.41) is 3.12. The number of carbonyl (C=O) groups is 1. The lowest BCUT2D eigenvalue weighted by molar-refractivity contribution is -0.126. The Bertz CT molecular complexity index is 745. The van der Waals surface area contributed by atoms with E-state index < -0.39 is 0 Å². The van der Waals surface area contributed by atoms with Crippen LogP contribution in [-0.4, -0.2) is 43.7 Å². The van der Waals surface area contributed by atoms with Crippen LogP contribution in [0.25, 0.3) is 0 Å². The Hall–Kier alpha value is -2.53. The average molecular weight is 399 g/mol. The predicted molar refractivity (Wildman–Crippen MR) is 118 cm³/mol. The molecule has 0 radical (unpaired) electrons. The highest BCUT2D eigenvalue weighted by molar-refractivity contribution is 5.83. The monoisotopic (exact) mass is 398 g/mol. The van der Waals surface area contributed by atoms with Gasteiger partial charge in [-0.3, -0.25) is 9.69 Å². The Labute approximate surface area is 175 Å². The molecule has 29 heavy (non-hydrogen) atoms. The molecule has 0 saturated heterocycles. The summed E-state index contributed by atoms with van der Waals surface area (Å²) in [5.74, 6) is 1.55. The van der Waals surface area contributed by atoms with Gasteiger partial charge in [0.1, 0.15) is 6.04 Å². The summed E-state index contributed by atoms with van der Waals surface area (Å²) in [5.41, 5.74) is 2.13. The molecular formula is C24H34N2O3. The molecule has 0 spiro atoms. The molecule has 0 bridgehead atoms. The quantitative estimate of drug-likeness (QED) is 0.581. The summed E-state index contributed by atoms with van der Waals surface area (Å²) < 4.78 is 11.3. The van der Waals surface area contributed by atoms with Crippen LogP contribution in [0.4, 0.5) is 0 Å². The summed E-state index contributed by atoms with van der Waals surface area (Å²) in [7, 11) is 0. The second kappa shape index (κ2) is 12.1. The summed E-state index contributed by atoms with van der Waals surface area (Å²) in [4.78, 5) is 15.2. The second-order valence-electron chi connectivity index (χ2n) is 6.72. The molecule has 0 fully saturated rings. The highest BCUT2D eigenvalue weighted by Crippen LogP contribution is 2.28. The molecule has 0 heterocycles. The van der Waals surface area contributed by atoms with Crippen LogP contribution in [0.2, 0.25) is 0 Å². The number of amides is 1. The number of benzene rings is 2. The van der Waals surface area contributed by atoms with E-state index in [0.717, 1.165) is 42.1 Å². The van der Waals surface area contributed by atoms with E-state index in [1.807, 2.05) is 62.4 Å². The SMILES string of the molecule is CCOc1ccc(CCNC(=O)C(c2ccccc2)N(CC)CC)cc1OCC. The molecule has 1 atom stereocenters. The molecule has 5 heteroatoms. The maximum atomic E-state index is 13.0. The molecule has 0 saturated carbocycles. The third-order valence-corrected chi connectivity index (χ3v) is 4.86. The van der Waals surface area contributed by atoms with Gasteiger partial charge in [0, 0.05) is 6.54 Å². The number of hydrogen-bond donors (Lipinski definition) is 1. The van der Waals surface area contributed by atoms with Gasteiger partial charge in [-0.25, -0.2) is 0 Å². The lowest BCUT2D eigenvalue weighted by atomic mass is 10.0. The van der Waals surface area contributed by atoms with Crippen LogP contribution in [0.1, 0.15) is 44.9 Å². The Morgan fingerprint density at radius 3 is 2.21 bits per heavy atom. The van der Waals surface area contributed by atoms with Gasteiger partial charge in [-0.2, -0.15) is 0 Å². The zero-order chi connectivity index (χ0) is 21.1. The van der Waals surface area contributed by atoms with E-state index in [0.29, 0.717) is 19.8 Å². The van der Waals surface area contributed by atoms with E-state index in [9.17, 15) is 4.79 Å². The number of likely N-dealkylation sites (N-methyl/N-ethyl adjacent to an activating group) is 1. The van der Waals surface area contributed by atoms with Crippen molar-refractivity contribution in [3.8, 4) is 11.5 Å². The summed E-state index contributed by atoms with van der Waals surface area (Å²) >= 11 is 0. The van der Waals surface area contributed by atoms with Gasteiger partial charge in [-0.05, 0) is 56.6 Å². The first-order valence-electron chi connectivity index (χ1n) is 10.6. The van der Waals surface area contributed by atoms with Gasteiger partial charge in [0.2, 0.25) is 5.91 Å². The fourth-order valence-corrected chi connectivity index (χ4v) is 3.43. The second-order valence-corrected chi connectivity index (χ2v) is 6.72. The lowest BCUT2D eigenvalue weighted by Crippen LogP contribution is -2.41. The molecule has 0 aliphatic carbocycles. The van der Waals surface area contributed by atoms with Crippen molar-refractivity contribution in [3.05, 3.63) is 59.7 Å². The van der Waals surface area contributed by atoms with Crippen molar-refractivity contribution < 1.29 is 14.3 Å². The first kappa shape index (κ1) is 22.8. The Kier molecular flexibility index (Phi) is 9.51.